The molecule has 0 saturated carbocycles. The van der Waals surface area contributed by atoms with Gasteiger partial charge in [-0.2, -0.15) is 0 Å². The van der Waals surface area contributed by atoms with E-state index in [4.69, 9.17) is 4.74 Å². The summed E-state index contributed by atoms with van der Waals surface area (Å²) in [6.07, 6.45) is 0.843. The summed E-state index contributed by atoms with van der Waals surface area (Å²) in [5.74, 6) is 1.29. The summed E-state index contributed by atoms with van der Waals surface area (Å²) in [6.45, 7) is 1.37. The highest BCUT2D eigenvalue weighted by Crippen LogP contribution is 2.35. The molecule has 2 heterocycles. The van der Waals surface area contributed by atoms with Gasteiger partial charge >= 0.3 is 0 Å². The normalized spacial score (nSPS) is 24.7. The van der Waals surface area contributed by atoms with Crippen LogP contribution in [0.25, 0.3) is 0 Å². The smallest absolute Gasteiger partial charge is 0.154 e. The SMILES string of the molecule is COc1ccc2c(c1)N1CCS(=O)(=O)CC1CCN2. The van der Waals surface area contributed by atoms with Gasteiger partial charge in [0.1, 0.15) is 5.75 Å². The highest BCUT2D eigenvalue weighted by Gasteiger charge is 2.33. The van der Waals surface area contributed by atoms with Crippen molar-refractivity contribution in [1.82, 2.24) is 0 Å². The van der Waals surface area contributed by atoms with E-state index in [1.54, 1.807) is 7.11 Å². The van der Waals surface area contributed by atoms with E-state index < -0.39 is 9.84 Å². The van der Waals surface area contributed by atoms with Crippen LogP contribution in [0.5, 0.6) is 5.75 Å². The molecule has 0 amide bonds. The van der Waals surface area contributed by atoms with Gasteiger partial charge in [-0.1, -0.05) is 0 Å². The molecule has 1 saturated heterocycles. The maximum Gasteiger partial charge on any atom is 0.154 e. The van der Waals surface area contributed by atoms with Crippen molar-refractivity contribution >= 4 is 21.2 Å². The molecule has 1 aromatic rings. The lowest BCUT2D eigenvalue weighted by Crippen LogP contribution is -2.48. The molecule has 2 aliphatic rings. The lowest BCUT2D eigenvalue weighted by atomic mass is 10.1. The van der Waals surface area contributed by atoms with Crippen molar-refractivity contribution in [2.45, 2.75) is 12.5 Å². The van der Waals surface area contributed by atoms with E-state index in [2.05, 4.69) is 10.2 Å². The Kier molecular flexibility index (Phi) is 3.05. The van der Waals surface area contributed by atoms with E-state index in [1.165, 1.54) is 0 Å². The van der Waals surface area contributed by atoms with Crippen LogP contribution in [-0.2, 0) is 9.84 Å². The average Bonchev–Trinajstić information content (AvgIpc) is 2.55. The molecule has 6 heteroatoms. The van der Waals surface area contributed by atoms with Crippen molar-refractivity contribution in [3.63, 3.8) is 0 Å². The number of nitrogens with zero attached hydrogens (tertiary/aromatic N) is 1. The first-order valence-electron chi connectivity index (χ1n) is 6.48. The predicted molar refractivity (Wildman–Crippen MR) is 75.9 cm³/mol. The van der Waals surface area contributed by atoms with Crippen LogP contribution < -0.4 is 15.0 Å². The number of nitrogens with one attached hydrogen (secondary N) is 1. The van der Waals surface area contributed by atoms with Crippen LogP contribution in [0.1, 0.15) is 6.42 Å². The molecular formula is C13H18N2O3S. The van der Waals surface area contributed by atoms with E-state index in [-0.39, 0.29) is 17.5 Å². The first-order chi connectivity index (χ1) is 9.09. The predicted octanol–water partition coefficient (Wildman–Crippen LogP) is 1.11. The van der Waals surface area contributed by atoms with Crippen molar-refractivity contribution < 1.29 is 13.2 Å². The molecule has 2 aliphatic heterocycles. The molecule has 104 valence electrons. The number of hydrogen-bond donors (Lipinski definition) is 1. The standard InChI is InChI=1S/C13H18N2O3S/c1-18-11-2-3-12-13(8-11)15-6-7-19(16,17)9-10(15)4-5-14-12/h2-3,8,10,14H,4-7,9H2,1H3. The van der Waals surface area contributed by atoms with Crippen LogP contribution in [0.15, 0.2) is 18.2 Å². The van der Waals surface area contributed by atoms with Gasteiger partial charge in [0, 0.05) is 25.2 Å². The third-order valence-electron chi connectivity index (χ3n) is 3.84. The second-order valence-electron chi connectivity index (χ2n) is 5.06. The Morgan fingerprint density at radius 3 is 3.05 bits per heavy atom. The van der Waals surface area contributed by atoms with Gasteiger partial charge in [0.05, 0.1) is 30.0 Å². The number of sulfone groups is 1. The van der Waals surface area contributed by atoms with Crippen molar-refractivity contribution in [2.75, 3.05) is 41.9 Å². The van der Waals surface area contributed by atoms with Crippen LogP contribution in [0, 0.1) is 0 Å². The van der Waals surface area contributed by atoms with Crippen LogP contribution >= 0.6 is 0 Å². The van der Waals surface area contributed by atoms with Gasteiger partial charge in [-0.05, 0) is 18.6 Å². The molecule has 0 aliphatic carbocycles. The summed E-state index contributed by atoms with van der Waals surface area (Å²) < 4.78 is 28.8. The maximum absolute atomic E-state index is 11.8. The zero-order valence-electron chi connectivity index (χ0n) is 10.9. The molecule has 1 unspecified atom stereocenters. The number of methoxy groups -OCH3 is 1. The van der Waals surface area contributed by atoms with E-state index in [9.17, 15) is 8.42 Å². The summed E-state index contributed by atoms with van der Waals surface area (Å²) in [6, 6.07) is 5.98. The van der Waals surface area contributed by atoms with Crippen molar-refractivity contribution in [1.29, 1.82) is 0 Å². The Morgan fingerprint density at radius 2 is 2.26 bits per heavy atom. The van der Waals surface area contributed by atoms with Crippen molar-refractivity contribution in [2.24, 2.45) is 0 Å². The van der Waals surface area contributed by atoms with Crippen LogP contribution in [0.3, 0.4) is 0 Å². The topological polar surface area (TPSA) is 58.6 Å². The van der Waals surface area contributed by atoms with Gasteiger partial charge in [-0.15, -0.1) is 0 Å². The fraction of sp³-hybridized carbons (Fsp3) is 0.538. The molecule has 1 aromatic carbocycles. The number of fused-ring (bicyclic) bond motifs is 3. The second-order valence-corrected chi connectivity index (χ2v) is 7.29. The molecule has 3 rings (SSSR count). The van der Waals surface area contributed by atoms with Gasteiger partial charge in [0.25, 0.3) is 0 Å². The lowest BCUT2D eigenvalue weighted by molar-refractivity contribution is 0.414. The Bertz CT molecular complexity index is 586. The van der Waals surface area contributed by atoms with E-state index in [0.29, 0.717) is 6.54 Å². The van der Waals surface area contributed by atoms with E-state index in [0.717, 1.165) is 30.1 Å². The highest BCUT2D eigenvalue weighted by atomic mass is 32.2. The third kappa shape index (κ3) is 2.36. The van der Waals surface area contributed by atoms with Gasteiger partial charge in [-0.3, -0.25) is 0 Å². The number of ether oxygens (including phenoxy) is 1. The van der Waals surface area contributed by atoms with Crippen LogP contribution in [-0.4, -0.2) is 46.2 Å². The van der Waals surface area contributed by atoms with Crippen LogP contribution in [0.2, 0.25) is 0 Å². The largest absolute Gasteiger partial charge is 0.497 e. The lowest BCUT2D eigenvalue weighted by Gasteiger charge is -2.36. The van der Waals surface area contributed by atoms with Gasteiger partial charge in [-0.25, -0.2) is 8.42 Å². The van der Waals surface area contributed by atoms with Gasteiger partial charge in [0.2, 0.25) is 0 Å². The Balaban J connectivity index is 2.00. The summed E-state index contributed by atoms with van der Waals surface area (Å²) in [4.78, 5) is 2.21. The Labute approximate surface area is 113 Å². The Morgan fingerprint density at radius 1 is 1.42 bits per heavy atom. The molecule has 19 heavy (non-hydrogen) atoms. The zero-order chi connectivity index (χ0) is 13.5. The summed E-state index contributed by atoms with van der Waals surface area (Å²) >= 11 is 0. The van der Waals surface area contributed by atoms with Gasteiger partial charge in [0.15, 0.2) is 9.84 Å². The molecule has 1 atom stereocenters. The highest BCUT2D eigenvalue weighted by molar-refractivity contribution is 7.91. The first-order valence-corrected chi connectivity index (χ1v) is 8.30. The van der Waals surface area contributed by atoms with Crippen molar-refractivity contribution in [3.05, 3.63) is 18.2 Å². The van der Waals surface area contributed by atoms with Crippen LogP contribution in [0.4, 0.5) is 11.4 Å². The molecule has 0 aromatic heterocycles. The molecule has 0 bridgehead atoms. The number of hydrogen-bond acceptors (Lipinski definition) is 5. The number of benzene rings is 1. The zero-order valence-corrected chi connectivity index (χ0v) is 11.7. The fourth-order valence-corrected chi connectivity index (χ4v) is 4.42. The summed E-state index contributed by atoms with van der Waals surface area (Å²) in [5.41, 5.74) is 2.11. The summed E-state index contributed by atoms with van der Waals surface area (Å²) in [7, 11) is -1.25. The number of anilines is 2. The fourth-order valence-electron chi connectivity index (χ4n) is 2.84. The molecule has 5 nitrogen and oxygen atoms in total. The summed E-state index contributed by atoms with van der Waals surface area (Å²) in [5, 5.41) is 3.37. The monoisotopic (exact) mass is 282 g/mol. The van der Waals surface area contributed by atoms with E-state index >= 15 is 0 Å². The average molecular weight is 282 g/mol. The van der Waals surface area contributed by atoms with E-state index in [1.807, 2.05) is 18.2 Å². The minimum atomic E-state index is -2.89. The second kappa shape index (κ2) is 4.59. The number of rotatable bonds is 1. The maximum atomic E-state index is 11.8. The van der Waals surface area contributed by atoms with Crippen molar-refractivity contribution in [3.8, 4) is 5.75 Å². The van der Waals surface area contributed by atoms with Gasteiger partial charge < -0.3 is 15.0 Å². The molecule has 1 N–H and O–H groups in total. The molecule has 0 spiro atoms. The minimum absolute atomic E-state index is 0.0691. The molecular weight excluding hydrogens is 264 g/mol. The first kappa shape index (κ1) is 12.6. The molecule has 0 radical (unpaired) electrons. The Hall–Kier alpha value is -1.43. The quantitative estimate of drug-likeness (QED) is 0.836. The molecule has 1 fully saturated rings. The minimum Gasteiger partial charge on any atom is -0.497 e. The third-order valence-corrected chi connectivity index (χ3v) is 5.53.